The molecule has 1 aliphatic heterocycles. The number of carbonyl (C=O) groups is 1. The Bertz CT molecular complexity index is 671. The zero-order valence-corrected chi connectivity index (χ0v) is 14.5. The summed E-state index contributed by atoms with van der Waals surface area (Å²) < 4.78 is 11.2. The first kappa shape index (κ1) is 17.0. The van der Waals surface area contributed by atoms with Crippen molar-refractivity contribution in [3.63, 3.8) is 0 Å². The van der Waals surface area contributed by atoms with Gasteiger partial charge in [0.25, 0.3) is 0 Å². The van der Waals surface area contributed by atoms with Crippen LogP contribution in [0.25, 0.3) is 6.08 Å². The third-order valence-electron chi connectivity index (χ3n) is 2.68. The maximum Gasteiger partial charge on any atom is 0.244 e. The second-order valence-corrected chi connectivity index (χ2v) is 6.77. The number of rotatable bonds is 5. The third-order valence-corrected chi connectivity index (χ3v) is 4.97. The Labute approximate surface area is 142 Å². The topological polar surface area (TPSA) is 47.9 Å². The lowest BCUT2D eigenvalue weighted by molar-refractivity contribution is -0.107. The summed E-state index contributed by atoms with van der Waals surface area (Å²) in [6.07, 6.45) is 3.46. The predicted molar refractivity (Wildman–Crippen MR) is 95.2 cm³/mol. The second kappa shape index (κ2) is 7.76. The van der Waals surface area contributed by atoms with Gasteiger partial charge in [0.15, 0.2) is 11.5 Å². The molecule has 0 aliphatic carbocycles. The summed E-state index contributed by atoms with van der Waals surface area (Å²) in [6, 6.07) is 3.46. The summed E-state index contributed by atoms with van der Waals surface area (Å²) in [5.74, 6) is 1.68. The van der Waals surface area contributed by atoms with Crippen molar-refractivity contribution >= 4 is 50.7 Å². The molecule has 0 radical (unpaired) electrons. The van der Waals surface area contributed by atoms with Gasteiger partial charge in [-0.15, -0.1) is 6.58 Å². The fraction of sp³-hybridized carbons (Fsp3) is 0.200. The molecule has 0 bridgehead atoms. The van der Waals surface area contributed by atoms with E-state index in [2.05, 4.69) is 11.6 Å². The van der Waals surface area contributed by atoms with Gasteiger partial charge in [-0.2, -0.15) is 0 Å². The Hall–Kier alpha value is -1.37. The molecule has 7 heteroatoms. The van der Waals surface area contributed by atoms with E-state index >= 15 is 0 Å². The molecule has 0 saturated carbocycles. The zero-order valence-electron chi connectivity index (χ0n) is 12.1. The Balaban J connectivity index is 2.32. The van der Waals surface area contributed by atoms with Crippen molar-refractivity contribution in [3.05, 3.63) is 41.1 Å². The van der Waals surface area contributed by atoms with Gasteiger partial charge in [0.05, 0.1) is 19.2 Å². The van der Waals surface area contributed by atoms with Crippen LogP contribution in [0.2, 0.25) is 5.02 Å². The number of thioether (sulfide) groups is 2. The highest BCUT2D eigenvalue weighted by Crippen LogP contribution is 2.37. The molecule has 0 fully saturated rings. The molecule has 0 spiro atoms. The van der Waals surface area contributed by atoms with Crippen LogP contribution in [0.5, 0.6) is 11.5 Å². The molecular formula is C15H14ClNO3S2. The Morgan fingerprint density at radius 3 is 2.82 bits per heavy atom. The highest BCUT2D eigenvalue weighted by atomic mass is 35.5. The number of hydrogen-bond acceptors (Lipinski definition) is 6. The van der Waals surface area contributed by atoms with E-state index in [9.17, 15) is 4.79 Å². The van der Waals surface area contributed by atoms with E-state index in [1.807, 2.05) is 0 Å². The van der Waals surface area contributed by atoms with Crippen LogP contribution < -0.4 is 9.47 Å². The van der Waals surface area contributed by atoms with Crippen LogP contribution in [-0.4, -0.2) is 29.5 Å². The first-order valence-corrected chi connectivity index (χ1v) is 8.44. The molecule has 0 N–H and O–H groups in total. The summed E-state index contributed by atoms with van der Waals surface area (Å²) in [5.41, 5.74) is 1.12. The highest BCUT2D eigenvalue weighted by molar-refractivity contribution is 8.45. The minimum Gasteiger partial charge on any atom is -0.493 e. The van der Waals surface area contributed by atoms with E-state index < -0.39 is 0 Å². The van der Waals surface area contributed by atoms with Gasteiger partial charge < -0.3 is 9.47 Å². The first-order chi connectivity index (χ1) is 10.6. The van der Waals surface area contributed by atoms with E-state index in [4.69, 9.17) is 21.1 Å². The van der Waals surface area contributed by atoms with Crippen molar-refractivity contribution in [2.75, 3.05) is 20.0 Å². The van der Waals surface area contributed by atoms with Gasteiger partial charge in [0.1, 0.15) is 10.1 Å². The van der Waals surface area contributed by atoms with E-state index in [0.29, 0.717) is 28.0 Å². The minimum atomic E-state index is -0.0857. The van der Waals surface area contributed by atoms with Gasteiger partial charge >= 0.3 is 0 Å². The predicted octanol–water partition coefficient (Wildman–Crippen LogP) is 4.25. The van der Waals surface area contributed by atoms with Crippen LogP contribution >= 0.6 is 35.1 Å². The molecule has 0 atom stereocenters. The summed E-state index contributed by atoms with van der Waals surface area (Å²) in [5, 5.41) is 0.328. The molecule has 4 nitrogen and oxygen atoms in total. The number of nitrogens with zero attached hydrogens (tertiary/aromatic N) is 1. The lowest BCUT2D eigenvalue weighted by atomic mass is 10.1. The molecule has 2 rings (SSSR count). The highest BCUT2D eigenvalue weighted by Gasteiger charge is 2.22. The van der Waals surface area contributed by atoms with Crippen LogP contribution in [0.4, 0.5) is 0 Å². The molecular weight excluding hydrogens is 342 g/mol. The van der Waals surface area contributed by atoms with E-state index in [1.165, 1.54) is 26.0 Å². The van der Waals surface area contributed by atoms with Gasteiger partial charge in [0.2, 0.25) is 5.12 Å². The lowest BCUT2D eigenvalue weighted by Gasteiger charge is -2.10. The standard InChI is InChI=1S/C15H14ClNO3S2/c1-4-5-21-15-17-11(14(18)22-15)7-9-6-10(16)13(20-3)12(8-9)19-2/h4,6-8H,1,5H2,2-3H3/b11-7+. The average Bonchev–Trinajstić information content (AvgIpc) is 2.84. The summed E-state index contributed by atoms with van der Waals surface area (Å²) in [6.45, 7) is 3.65. The van der Waals surface area contributed by atoms with Crippen molar-refractivity contribution in [2.24, 2.45) is 4.99 Å². The largest absolute Gasteiger partial charge is 0.493 e. The summed E-state index contributed by atoms with van der Waals surface area (Å²) >= 11 is 8.76. The maximum absolute atomic E-state index is 12.0. The summed E-state index contributed by atoms with van der Waals surface area (Å²) in [7, 11) is 3.05. The fourth-order valence-electron chi connectivity index (χ4n) is 1.76. The maximum atomic E-state index is 12.0. The molecule has 1 aliphatic rings. The average molecular weight is 356 g/mol. The second-order valence-electron chi connectivity index (χ2n) is 4.13. The lowest BCUT2D eigenvalue weighted by Crippen LogP contribution is -1.93. The van der Waals surface area contributed by atoms with Gasteiger partial charge in [-0.3, -0.25) is 4.79 Å². The quantitative estimate of drug-likeness (QED) is 0.583. The Morgan fingerprint density at radius 2 is 2.18 bits per heavy atom. The number of aliphatic imine (C=N–C) groups is 1. The SMILES string of the molecule is C=CCSC1=N/C(=C/c2cc(Cl)c(OC)c(OC)c2)C(=O)S1. The monoisotopic (exact) mass is 355 g/mol. The van der Waals surface area contributed by atoms with Gasteiger partial charge in [0, 0.05) is 5.75 Å². The van der Waals surface area contributed by atoms with Crippen molar-refractivity contribution in [3.8, 4) is 11.5 Å². The molecule has 0 amide bonds. The van der Waals surface area contributed by atoms with Crippen LogP contribution in [0, 0.1) is 0 Å². The molecule has 1 aromatic carbocycles. The van der Waals surface area contributed by atoms with Gasteiger partial charge in [-0.05, 0) is 35.5 Å². The van der Waals surface area contributed by atoms with E-state index in [0.717, 1.165) is 21.7 Å². The van der Waals surface area contributed by atoms with Crippen molar-refractivity contribution < 1.29 is 14.3 Å². The smallest absolute Gasteiger partial charge is 0.244 e. The van der Waals surface area contributed by atoms with Crippen molar-refractivity contribution in [2.45, 2.75) is 0 Å². The molecule has 0 aromatic heterocycles. The van der Waals surface area contributed by atoms with E-state index in [1.54, 1.807) is 24.3 Å². The first-order valence-electron chi connectivity index (χ1n) is 6.26. The normalized spacial score (nSPS) is 15.9. The number of ether oxygens (including phenoxy) is 2. The third kappa shape index (κ3) is 3.88. The molecule has 1 aromatic rings. The van der Waals surface area contributed by atoms with Crippen LogP contribution in [-0.2, 0) is 4.79 Å². The van der Waals surface area contributed by atoms with Crippen LogP contribution in [0.15, 0.2) is 35.5 Å². The minimum absolute atomic E-state index is 0.0857. The number of carbonyl (C=O) groups excluding carboxylic acids is 1. The van der Waals surface area contributed by atoms with E-state index in [-0.39, 0.29) is 5.12 Å². The van der Waals surface area contributed by atoms with Gasteiger partial charge in [-0.25, -0.2) is 4.99 Å². The molecule has 22 heavy (non-hydrogen) atoms. The molecule has 0 unspecified atom stereocenters. The zero-order chi connectivity index (χ0) is 16.1. The number of methoxy groups -OCH3 is 2. The molecule has 0 saturated heterocycles. The van der Waals surface area contributed by atoms with Crippen LogP contribution in [0.3, 0.4) is 0 Å². The van der Waals surface area contributed by atoms with Crippen molar-refractivity contribution in [1.29, 1.82) is 0 Å². The summed E-state index contributed by atoms with van der Waals surface area (Å²) in [4.78, 5) is 16.3. The number of benzene rings is 1. The van der Waals surface area contributed by atoms with Crippen LogP contribution in [0.1, 0.15) is 5.56 Å². The number of hydrogen-bond donors (Lipinski definition) is 0. The number of halogens is 1. The molecule has 116 valence electrons. The fourth-order valence-corrected chi connectivity index (χ4v) is 3.66. The Kier molecular flexibility index (Phi) is 5.99. The molecule has 1 heterocycles. The van der Waals surface area contributed by atoms with Gasteiger partial charge in [-0.1, -0.05) is 29.4 Å². The van der Waals surface area contributed by atoms with Crippen molar-refractivity contribution in [1.82, 2.24) is 0 Å². The Morgan fingerprint density at radius 1 is 1.41 bits per heavy atom.